The lowest BCUT2D eigenvalue weighted by Crippen LogP contribution is -2.23. The third-order valence-corrected chi connectivity index (χ3v) is 2.59. The Bertz CT molecular complexity index is 307. The Morgan fingerprint density at radius 2 is 1.80 bits per heavy atom. The van der Waals surface area contributed by atoms with Crippen LogP contribution in [0.2, 0.25) is 0 Å². The molecule has 1 rings (SSSR count). The predicted molar refractivity (Wildman–Crippen MR) is 56.6 cm³/mol. The van der Waals surface area contributed by atoms with E-state index < -0.39 is 18.6 Å². The number of alkyl halides is 3. The van der Waals surface area contributed by atoms with Crippen molar-refractivity contribution in [3.63, 3.8) is 0 Å². The summed E-state index contributed by atoms with van der Waals surface area (Å²) in [7, 11) is 1.53. The van der Waals surface area contributed by atoms with E-state index in [9.17, 15) is 13.2 Å². The SMILES string of the molecule is CNC(CC(F)(F)F)c1ccc(Br)cc1. The van der Waals surface area contributed by atoms with Crippen molar-refractivity contribution in [2.24, 2.45) is 0 Å². The molecule has 0 aliphatic heterocycles. The van der Waals surface area contributed by atoms with Crippen LogP contribution >= 0.6 is 15.9 Å². The Morgan fingerprint density at radius 3 is 2.20 bits per heavy atom. The van der Waals surface area contributed by atoms with Crippen LogP contribution in [0.1, 0.15) is 18.0 Å². The van der Waals surface area contributed by atoms with Gasteiger partial charge >= 0.3 is 6.18 Å². The minimum Gasteiger partial charge on any atom is -0.313 e. The first-order valence-corrected chi connectivity index (χ1v) is 5.21. The van der Waals surface area contributed by atoms with Gasteiger partial charge in [0.1, 0.15) is 0 Å². The summed E-state index contributed by atoms with van der Waals surface area (Å²) in [6.07, 6.45) is -5.01. The molecule has 0 fully saturated rings. The molecule has 0 bridgehead atoms. The zero-order valence-electron chi connectivity index (χ0n) is 8.11. The number of hydrogen-bond donors (Lipinski definition) is 1. The summed E-state index contributed by atoms with van der Waals surface area (Å²) in [5.41, 5.74) is 0.637. The fourth-order valence-corrected chi connectivity index (χ4v) is 1.58. The van der Waals surface area contributed by atoms with Gasteiger partial charge in [0.15, 0.2) is 0 Å². The highest BCUT2D eigenvalue weighted by Crippen LogP contribution is 2.29. The normalized spacial score (nSPS) is 13.9. The third kappa shape index (κ3) is 4.22. The summed E-state index contributed by atoms with van der Waals surface area (Å²) in [6.45, 7) is 0. The minimum absolute atomic E-state index is 0.637. The Kier molecular flexibility index (Phi) is 4.16. The average Bonchev–Trinajstić information content (AvgIpc) is 2.14. The van der Waals surface area contributed by atoms with Gasteiger partial charge in [-0.25, -0.2) is 0 Å². The van der Waals surface area contributed by atoms with Gasteiger partial charge in [-0.15, -0.1) is 0 Å². The fraction of sp³-hybridized carbons (Fsp3) is 0.400. The topological polar surface area (TPSA) is 12.0 Å². The lowest BCUT2D eigenvalue weighted by atomic mass is 10.0. The van der Waals surface area contributed by atoms with Crippen molar-refractivity contribution in [1.29, 1.82) is 0 Å². The molecule has 1 atom stereocenters. The number of halogens is 4. The first-order valence-electron chi connectivity index (χ1n) is 4.42. The summed E-state index contributed by atoms with van der Waals surface area (Å²) in [5.74, 6) is 0. The molecule has 5 heteroatoms. The van der Waals surface area contributed by atoms with Crippen molar-refractivity contribution in [3.8, 4) is 0 Å². The predicted octanol–water partition coefficient (Wildman–Crippen LogP) is 3.66. The van der Waals surface area contributed by atoms with Gasteiger partial charge in [0, 0.05) is 10.5 Å². The second kappa shape index (κ2) is 4.99. The standard InChI is InChI=1S/C10H11BrF3N/c1-15-9(6-10(12,13)14)7-2-4-8(11)5-3-7/h2-5,9,15H,6H2,1H3. The first kappa shape index (κ1) is 12.5. The number of nitrogens with one attached hydrogen (secondary N) is 1. The van der Waals surface area contributed by atoms with Crippen LogP contribution < -0.4 is 5.32 Å². The van der Waals surface area contributed by atoms with E-state index in [0.717, 1.165) is 4.47 Å². The summed E-state index contributed by atoms with van der Waals surface area (Å²) >= 11 is 3.24. The van der Waals surface area contributed by atoms with E-state index in [1.165, 1.54) is 7.05 Å². The van der Waals surface area contributed by atoms with Crippen molar-refractivity contribution in [2.45, 2.75) is 18.6 Å². The van der Waals surface area contributed by atoms with Crippen LogP contribution in [0.4, 0.5) is 13.2 Å². The van der Waals surface area contributed by atoms with E-state index >= 15 is 0 Å². The molecule has 1 aromatic carbocycles. The fourth-order valence-electron chi connectivity index (χ4n) is 1.31. The average molecular weight is 282 g/mol. The van der Waals surface area contributed by atoms with Crippen LogP contribution in [0.15, 0.2) is 28.7 Å². The van der Waals surface area contributed by atoms with Gasteiger partial charge in [0.25, 0.3) is 0 Å². The van der Waals surface area contributed by atoms with Crippen molar-refractivity contribution < 1.29 is 13.2 Å². The van der Waals surface area contributed by atoms with Gasteiger partial charge < -0.3 is 5.32 Å². The maximum absolute atomic E-state index is 12.2. The Morgan fingerprint density at radius 1 is 1.27 bits per heavy atom. The van der Waals surface area contributed by atoms with Gasteiger partial charge in [-0.1, -0.05) is 28.1 Å². The summed E-state index contributed by atoms with van der Waals surface area (Å²) in [5, 5.41) is 2.66. The maximum atomic E-state index is 12.2. The van der Waals surface area contributed by atoms with E-state index in [1.54, 1.807) is 24.3 Å². The summed E-state index contributed by atoms with van der Waals surface area (Å²) < 4.78 is 37.5. The molecular weight excluding hydrogens is 271 g/mol. The van der Waals surface area contributed by atoms with Gasteiger partial charge in [-0.2, -0.15) is 13.2 Å². The molecule has 0 saturated heterocycles. The first-order chi connectivity index (χ1) is 6.92. The molecule has 84 valence electrons. The zero-order chi connectivity index (χ0) is 11.5. The molecule has 1 nitrogen and oxygen atoms in total. The van der Waals surface area contributed by atoms with E-state index in [-0.39, 0.29) is 0 Å². The molecular formula is C10H11BrF3N. The Labute approximate surface area is 94.8 Å². The second-order valence-corrected chi connectivity index (χ2v) is 4.13. The van der Waals surface area contributed by atoms with Gasteiger partial charge in [-0.3, -0.25) is 0 Å². The van der Waals surface area contributed by atoms with Crippen molar-refractivity contribution in [2.75, 3.05) is 7.05 Å². The summed E-state index contributed by atoms with van der Waals surface area (Å²) in [4.78, 5) is 0. The van der Waals surface area contributed by atoms with E-state index in [0.29, 0.717) is 5.56 Å². The van der Waals surface area contributed by atoms with Crippen LogP contribution in [-0.2, 0) is 0 Å². The van der Waals surface area contributed by atoms with Gasteiger partial charge in [0.2, 0.25) is 0 Å². The maximum Gasteiger partial charge on any atom is 0.390 e. The van der Waals surface area contributed by atoms with E-state index in [4.69, 9.17) is 0 Å². The second-order valence-electron chi connectivity index (χ2n) is 3.21. The highest BCUT2D eigenvalue weighted by Gasteiger charge is 2.31. The minimum atomic E-state index is -4.15. The van der Waals surface area contributed by atoms with E-state index in [2.05, 4.69) is 21.2 Å². The third-order valence-electron chi connectivity index (χ3n) is 2.06. The molecule has 0 saturated carbocycles. The highest BCUT2D eigenvalue weighted by atomic mass is 79.9. The van der Waals surface area contributed by atoms with E-state index in [1.807, 2.05) is 0 Å². The monoisotopic (exact) mass is 281 g/mol. The molecule has 0 amide bonds. The molecule has 0 aliphatic carbocycles. The number of rotatable bonds is 3. The number of hydrogen-bond acceptors (Lipinski definition) is 1. The van der Waals surface area contributed by atoms with Crippen molar-refractivity contribution in [3.05, 3.63) is 34.3 Å². The molecule has 1 N–H and O–H groups in total. The van der Waals surface area contributed by atoms with Crippen LogP contribution in [0, 0.1) is 0 Å². The molecule has 15 heavy (non-hydrogen) atoms. The lowest BCUT2D eigenvalue weighted by Gasteiger charge is -2.18. The highest BCUT2D eigenvalue weighted by molar-refractivity contribution is 9.10. The molecule has 1 aromatic rings. The largest absolute Gasteiger partial charge is 0.390 e. The zero-order valence-corrected chi connectivity index (χ0v) is 9.69. The van der Waals surface area contributed by atoms with Crippen LogP contribution in [0.25, 0.3) is 0 Å². The summed E-state index contributed by atoms with van der Waals surface area (Å²) in [6, 6.07) is 6.14. The van der Waals surface area contributed by atoms with Crippen LogP contribution in [0.5, 0.6) is 0 Å². The van der Waals surface area contributed by atoms with Crippen LogP contribution in [-0.4, -0.2) is 13.2 Å². The van der Waals surface area contributed by atoms with Gasteiger partial charge in [0.05, 0.1) is 6.42 Å². The molecule has 0 radical (unpaired) electrons. The van der Waals surface area contributed by atoms with Crippen molar-refractivity contribution in [1.82, 2.24) is 5.32 Å². The molecule has 1 unspecified atom stereocenters. The molecule has 0 aliphatic rings. The Hall–Kier alpha value is -0.550. The lowest BCUT2D eigenvalue weighted by molar-refractivity contribution is -0.140. The smallest absolute Gasteiger partial charge is 0.313 e. The quantitative estimate of drug-likeness (QED) is 0.892. The van der Waals surface area contributed by atoms with Crippen molar-refractivity contribution >= 4 is 15.9 Å². The Balaban J connectivity index is 2.79. The van der Waals surface area contributed by atoms with Crippen LogP contribution in [0.3, 0.4) is 0 Å². The van der Waals surface area contributed by atoms with Gasteiger partial charge in [-0.05, 0) is 24.7 Å². The molecule has 0 aromatic heterocycles. The number of benzene rings is 1. The molecule has 0 spiro atoms. The molecule has 0 heterocycles.